The minimum atomic E-state index is -0.727. The molecule has 4 nitrogen and oxygen atoms in total. The van der Waals surface area contributed by atoms with Gasteiger partial charge in [0.15, 0.2) is 0 Å². The van der Waals surface area contributed by atoms with Gasteiger partial charge in [0.25, 0.3) is 0 Å². The van der Waals surface area contributed by atoms with Crippen molar-refractivity contribution in [2.45, 2.75) is 25.7 Å². The van der Waals surface area contributed by atoms with E-state index in [9.17, 15) is 9.59 Å². The minimum Gasteiger partial charge on any atom is -0.542 e. The van der Waals surface area contributed by atoms with Crippen LogP contribution in [0.2, 0.25) is 0 Å². The second-order valence-electron chi connectivity index (χ2n) is 3.00. The van der Waals surface area contributed by atoms with Crippen LogP contribution in [-0.4, -0.2) is 22.8 Å². The van der Waals surface area contributed by atoms with E-state index in [1.54, 1.807) is 0 Å². The normalized spacial score (nSPS) is 26.5. The maximum absolute atomic E-state index is 10.5. The second-order valence-corrected chi connectivity index (χ2v) is 3.00. The molecule has 1 rings (SSSR count). The first kappa shape index (κ1) is 15.3. The van der Waals surface area contributed by atoms with Gasteiger partial charge in [-0.3, -0.25) is 11.1 Å². The summed E-state index contributed by atoms with van der Waals surface area (Å²) in [7, 11) is 0. The molecule has 0 unspecified atom stereocenters. The first-order valence-electron chi connectivity index (χ1n) is 3.84. The molecule has 5 heteroatoms. The number of carboxylic acids is 1. The number of hydrogen-bond donors (Lipinski definition) is 1. The fourth-order valence-corrected chi connectivity index (χ4v) is 1.46. The van der Waals surface area contributed by atoms with E-state index < -0.39 is 5.97 Å². The van der Waals surface area contributed by atoms with Gasteiger partial charge in [-0.25, -0.2) is 0 Å². The van der Waals surface area contributed by atoms with Crippen LogP contribution in [0.15, 0.2) is 0 Å². The standard InChI is InChI=1S/C8H11O3.H2O.W/c9-5-6-1-3-7(4-2-6)8(10)11;;/h6-7H,1-4H2,(H,10,11);1H2;/q-1;;. The van der Waals surface area contributed by atoms with Crippen molar-refractivity contribution in [3.63, 3.8) is 0 Å². The van der Waals surface area contributed by atoms with Crippen LogP contribution in [0.25, 0.3) is 0 Å². The average Bonchev–Trinajstić information content (AvgIpc) is 2.05. The Balaban J connectivity index is 0. The number of carbonyl (C=O) groups excluding carboxylic acids is 1. The van der Waals surface area contributed by atoms with Gasteiger partial charge in [0.2, 0.25) is 0 Å². The molecule has 0 aromatic rings. The average molecular weight is 357 g/mol. The molecule has 3 N–H and O–H groups in total. The van der Waals surface area contributed by atoms with E-state index in [2.05, 4.69) is 0 Å². The predicted octanol–water partition coefficient (Wildman–Crippen LogP) is 0.160. The Morgan fingerprint density at radius 3 is 2.00 bits per heavy atom. The molecule has 0 atom stereocenters. The van der Waals surface area contributed by atoms with E-state index in [1.165, 1.54) is 0 Å². The summed E-state index contributed by atoms with van der Waals surface area (Å²) in [5.41, 5.74) is 0. The summed E-state index contributed by atoms with van der Waals surface area (Å²) in [6.07, 6.45) is 4.58. The number of hydrogen-bond acceptors (Lipinski definition) is 2. The molecule has 76 valence electrons. The van der Waals surface area contributed by atoms with E-state index in [-0.39, 0.29) is 38.4 Å². The first-order chi connectivity index (χ1) is 5.24. The van der Waals surface area contributed by atoms with Crippen molar-refractivity contribution in [3.8, 4) is 0 Å². The van der Waals surface area contributed by atoms with Crippen molar-refractivity contribution in [1.29, 1.82) is 0 Å². The zero-order valence-corrected chi connectivity index (χ0v) is 10.1. The third-order valence-electron chi connectivity index (χ3n) is 2.24. The summed E-state index contributed by atoms with van der Waals surface area (Å²) in [5, 5.41) is 8.60. The van der Waals surface area contributed by atoms with Crippen LogP contribution in [0.5, 0.6) is 0 Å². The van der Waals surface area contributed by atoms with E-state index in [4.69, 9.17) is 5.11 Å². The Morgan fingerprint density at radius 1 is 1.23 bits per heavy atom. The summed E-state index contributed by atoms with van der Waals surface area (Å²) < 4.78 is 0. The van der Waals surface area contributed by atoms with Crippen molar-refractivity contribution < 1.29 is 41.2 Å². The zero-order valence-electron chi connectivity index (χ0n) is 7.16. The molecule has 1 fully saturated rings. The Labute approximate surface area is 91.3 Å². The van der Waals surface area contributed by atoms with Gasteiger partial charge in [0.1, 0.15) is 0 Å². The number of carboxylic acid groups (broad SMARTS) is 1. The van der Waals surface area contributed by atoms with Gasteiger partial charge in [-0.05, 0) is 12.8 Å². The van der Waals surface area contributed by atoms with Crippen molar-refractivity contribution in [2.75, 3.05) is 0 Å². The van der Waals surface area contributed by atoms with Gasteiger partial charge >= 0.3 is 5.97 Å². The molecule has 1 aliphatic rings. The zero-order chi connectivity index (χ0) is 8.27. The van der Waals surface area contributed by atoms with Gasteiger partial charge in [-0.15, -0.1) is 5.92 Å². The molecule has 1 aliphatic carbocycles. The molecule has 0 aliphatic heterocycles. The summed E-state index contributed by atoms with van der Waals surface area (Å²) in [6, 6.07) is 0. The summed E-state index contributed by atoms with van der Waals surface area (Å²) in [6.45, 7) is 0. The van der Waals surface area contributed by atoms with Crippen molar-refractivity contribution >= 4 is 12.3 Å². The fourth-order valence-electron chi connectivity index (χ4n) is 1.46. The van der Waals surface area contributed by atoms with Gasteiger partial charge in [0.05, 0.1) is 5.92 Å². The summed E-state index contributed by atoms with van der Waals surface area (Å²) in [5.74, 6) is -0.959. The van der Waals surface area contributed by atoms with Crippen LogP contribution in [0, 0.1) is 11.8 Å². The van der Waals surface area contributed by atoms with Gasteiger partial charge in [-0.1, -0.05) is 12.8 Å². The topological polar surface area (TPSA) is 85.9 Å². The Kier molecular flexibility index (Phi) is 8.48. The molecular formula is C8H13O4W-. The molecule has 0 heterocycles. The summed E-state index contributed by atoms with van der Waals surface area (Å²) >= 11 is 0. The summed E-state index contributed by atoms with van der Waals surface area (Å²) in [4.78, 5) is 20.6. The van der Waals surface area contributed by atoms with Crippen LogP contribution in [0.3, 0.4) is 0 Å². The maximum Gasteiger partial charge on any atom is 0.306 e. The van der Waals surface area contributed by atoms with Crippen LogP contribution >= 0.6 is 0 Å². The van der Waals surface area contributed by atoms with Gasteiger partial charge < -0.3 is 15.4 Å². The molecule has 0 amide bonds. The number of carbonyl (C=O) groups is 1. The van der Waals surface area contributed by atoms with Crippen molar-refractivity contribution in [3.05, 3.63) is 0 Å². The maximum atomic E-state index is 10.5. The van der Waals surface area contributed by atoms with E-state index >= 15 is 0 Å². The van der Waals surface area contributed by atoms with E-state index in [1.807, 2.05) is 6.29 Å². The molecule has 13 heavy (non-hydrogen) atoms. The molecule has 0 radical (unpaired) electrons. The molecule has 1 saturated carbocycles. The van der Waals surface area contributed by atoms with Crippen molar-refractivity contribution in [2.24, 2.45) is 11.8 Å². The van der Waals surface area contributed by atoms with Crippen LogP contribution in [0.4, 0.5) is 0 Å². The molecule has 0 saturated heterocycles. The van der Waals surface area contributed by atoms with E-state index in [0.29, 0.717) is 25.7 Å². The molecule has 0 spiro atoms. The first-order valence-corrected chi connectivity index (χ1v) is 3.84. The quantitative estimate of drug-likeness (QED) is 0.715. The van der Waals surface area contributed by atoms with Crippen molar-refractivity contribution in [1.82, 2.24) is 0 Å². The molecular weight excluding hydrogens is 344 g/mol. The SMILES string of the molecule is O.O=[C-]C1CCC(C(=O)O)CC1.[W]. The Bertz CT molecular complexity index is 164. The molecule has 0 aromatic heterocycles. The fraction of sp³-hybridized carbons (Fsp3) is 0.750. The van der Waals surface area contributed by atoms with Gasteiger partial charge in [0, 0.05) is 21.1 Å². The van der Waals surface area contributed by atoms with Gasteiger partial charge in [-0.2, -0.15) is 0 Å². The Hall–Kier alpha value is -0.212. The van der Waals surface area contributed by atoms with Crippen LogP contribution in [0.1, 0.15) is 25.7 Å². The molecule has 0 aromatic carbocycles. The monoisotopic (exact) mass is 357 g/mol. The smallest absolute Gasteiger partial charge is 0.306 e. The number of aliphatic carboxylic acids is 1. The predicted molar refractivity (Wildman–Crippen MR) is 42.4 cm³/mol. The van der Waals surface area contributed by atoms with Crippen LogP contribution in [-0.2, 0) is 30.7 Å². The number of rotatable bonds is 2. The van der Waals surface area contributed by atoms with E-state index in [0.717, 1.165) is 0 Å². The largest absolute Gasteiger partial charge is 0.542 e. The molecule has 0 bridgehead atoms. The third kappa shape index (κ3) is 4.53. The second kappa shape index (κ2) is 7.22. The minimum absolute atomic E-state index is 0. The Morgan fingerprint density at radius 2 is 1.69 bits per heavy atom. The van der Waals surface area contributed by atoms with Crippen LogP contribution < -0.4 is 0 Å². The third-order valence-corrected chi connectivity index (χ3v) is 2.24.